The number of phenolic OH excluding ortho intramolecular Hbond substituents is 1. The second kappa shape index (κ2) is 4.93. The number of non-ortho nitro benzene ring substituents is 1. The fourth-order valence-corrected chi connectivity index (χ4v) is 1.85. The fraction of sp³-hybridized carbons (Fsp3) is 0.0833. The van der Waals surface area contributed by atoms with E-state index in [-0.39, 0.29) is 45.6 Å². The van der Waals surface area contributed by atoms with Gasteiger partial charge in [0.05, 0.1) is 16.2 Å². The molecule has 0 bridgehead atoms. The largest absolute Gasteiger partial charge is 0.507 e. The van der Waals surface area contributed by atoms with Crippen molar-refractivity contribution in [3.05, 3.63) is 33.4 Å². The highest BCUT2D eigenvalue weighted by Crippen LogP contribution is 2.37. The highest BCUT2D eigenvalue weighted by Gasteiger charge is 2.21. The Morgan fingerprint density at radius 1 is 1.38 bits per heavy atom. The minimum absolute atomic E-state index is 0.000880. The molecular formula is C12H10N6O3. The maximum atomic E-state index is 10.9. The van der Waals surface area contributed by atoms with Crippen LogP contribution in [0.3, 0.4) is 0 Å². The lowest BCUT2D eigenvalue weighted by Gasteiger charge is -2.10. The molecule has 0 aliphatic carbocycles. The molecular weight excluding hydrogens is 276 g/mol. The highest BCUT2D eigenvalue weighted by atomic mass is 16.6. The van der Waals surface area contributed by atoms with Crippen LogP contribution in [0.2, 0.25) is 0 Å². The lowest BCUT2D eigenvalue weighted by molar-refractivity contribution is -0.384. The zero-order valence-electron chi connectivity index (χ0n) is 10.9. The van der Waals surface area contributed by atoms with Crippen LogP contribution in [0, 0.1) is 28.4 Å². The third-order valence-corrected chi connectivity index (χ3v) is 2.82. The maximum Gasteiger partial charge on any atom is 0.270 e. The molecule has 0 saturated heterocycles. The van der Waals surface area contributed by atoms with Gasteiger partial charge in [-0.2, -0.15) is 10.2 Å². The standard InChI is InChI=1S/C12H10N6O3/c1-5-2-6(18(20)21)3-7(10(5)19)9-8(4-13)11(14)17-12(15)16-9/h2-3,19H,1H3,(H4,14,15,16,17). The van der Waals surface area contributed by atoms with Crippen molar-refractivity contribution in [1.82, 2.24) is 9.97 Å². The predicted octanol–water partition coefficient (Wildman–Crippen LogP) is 1.10. The van der Waals surface area contributed by atoms with Crippen LogP contribution in [0.4, 0.5) is 17.5 Å². The van der Waals surface area contributed by atoms with Crippen molar-refractivity contribution in [2.24, 2.45) is 0 Å². The molecule has 1 heterocycles. The van der Waals surface area contributed by atoms with Crippen LogP contribution in [-0.2, 0) is 0 Å². The van der Waals surface area contributed by atoms with E-state index in [1.165, 1.54) is 13.0 Å². The summed E-state index contributed by atoms with van der Waals surface area (Å²) in [4.78, 5) is 17.8. The van der Waals surface area contributed by atoms with E-state index >= 15 is 0 Å². The molecule has 2 rings (SSSR count). The van der Waals surface area contributed by atoms with Gasteiger partial charge in [0.15, 0.2) is 0 Å². The summed E-state index contributed by atoms with van der Waals surface area (Å²) in [5.41, 5.74) is 10.9. The van der Waals surface area contributed by atoms with E-state index in [1.54, 1.807) is 6.07 Å². The molecule has 0 atom stereocenters. The molecule has 9 nitrogen and oxygen atoms in total. The zero-order chi connectivity index (χ0) is 15.7. The van der Waals surface area contributed by atoms with Gasteiger partial charge in [-0.05, 0) is 12.5 Å². The SMILES string of the molecule is Cc1cc([N+](=O)[O-])cc(-c2nc(N)nc(N)c2C#N)c1O. The number of aryl methyl sites for hydroxylation is 1. The molecule has 0 aliphatic rings. The third-order valence-electron chi connectivity index (χ3n) is 2.82. The van der Waals surface area contributed by atoms with E-state index in [1.807, 2.05) is 0 Å². The smallest absolute Gasteiger partial charge is 0.270 e. The first-order valence-electron chi connectivity index (χ1n) is 5.66. The lowest BCUT2D eigenvalue weighted by atomic mass is 10.0. The summed E-state index contributed by atoms with van der Waals surface area (Å²) in [5, 5.41) is 30.1. The lowest BCUT2D eigenvalue weighted by Crippen LogP contribution is -2.05. The Bertz CT molecular complexity index is 797. The Hall–Kier alpha value is -3.41. The average molecular weight is 286 g/mol. The van der Waals surface area contributed by atoms with Crippen LogP contribution < -0.4 is 11.5 Å². The van der Waals surface area contributed by atoms with Crippen LogP contribution in [0.5, 0.6) is 5.75 Å². The molecule has 5 N–H and O–H groups in total. The first kappa shape index (κ1) is 14.0. The van der Waals surface area contributed by atoms with E-state index in [0.717, 1.165) is 6.07 Å². The van der Waals surface area contributed by atoms with Crippen molar-refractivity contribution in [2.75, 3.05) is 11.5 Å². The van der Waals surface area contributed by atoms with Gasteiger partial charge in [0.2, 0.25) is 5.95 Å². The summed E-state index contributed by atoms with van der Waals surface area (Å²) in [5.74, 6) is -0.608. The number of nitrogens with two attached hydrogens (primary N) is 2. The van der Waals surface area contributed by atoms with Gasteiger partial charge in [-0.15, -0.1) is 0 Å². The van der Waals surface area contributed by atoms with Crippen LogP contribution in [-0.4, -0.2) is 20.0 Å². The van der Waals surface area contributed by atoms with Crippen LogP contribution in [0.1, 0.15) is 11.1 Å². The first-order chi connectivity index (χ1) is 9.85. The number of phenols is 1. The first-order valence-corrected chi connectivity index (χ1v) is 5.66. The Labute approximate surface area is 118 Å². The number of hydrogen-bond acceptors (Lipinski definition) is 8. The summed E-state index contributed by atoms with van der Waals surface area (Å²) in [6.45, 7) is 1.49. The highest BCUT2D eigenvalue weighted by molar-refractivity contribution is 5.79. The van der Waals surface area contributed by atoms with Gasteiger partial charge in [-0.3, -0.25) is 10.1 Å². The quantitative estimate of drug-likeness (QED) is 0.545. The van der Waals surface area contributed by atoms with E-state index in [0.29, 0.717) is 0 Å². The molecule has 0 amide bonds. The van der Waals surface area contributed by atoms with Gasteiger partial charge < -0.3 is 16.6 Å². The summed E-state index contributed by atoms with van der Waals surface area (Å²) in [7, 11) is 0. The molecule has 9 heteroatoms. The number of nitrogen functional groups attached to an aromatic ring is 2. The van der Waals surface area contributed by atoms with Crippen LogP contribution in [0.25, 0.3) is 11.3 Å². The van der Waals surface area contributed by atoms with Crippen molar-refractivity contribution in [1.29, 1.82) is 5.26 Å². The molecule has 106 valence electrons. The molecule has 21 heavy (non-hydrogen) atoms. The predicted molar refractivity (Wildman–Crippen MR) is 74.1 cm³/mol. The van der Waals surface area contributed by atoms with Crippen molar-refractivity contribution in [2.45, 2.75) is 6.92 Å². The Kier molecular flexibility index (Phi) is 3.29. The number of nitrogens with zero attached hydrogens (tertiary/aromatic N) is 4. The normalized spacial score (nSPS) is 10.1. The Balaban J connectivity index is 2.85. The summed E-state index contributed by atoms with van der Waals surface area (Å²) in [6, 6.07) is 4.11. The molecule has 0 radical (unpaired) electrons. The summed E-state index contributed by atoms with van der Waals surface area (Å²) >= 11 is 0. The molecule has 1 aromatic heterocycles. The number of anilines is 2. The van der Waals surface area contributed by atoms with Gasteiger partial charge in [0.1, 0.15) is 23.2 Å². The topological polar surface area (TPSA) is 165 Å². The van der Waals surface area contributed by atoms with Crippen molar-refractivity contribution in [3.63, 3.8) is 0 Å². The summed E-state index contributed by atoms with van der Waals surface area (Å²) in [6.07, 6.45) is 0. The number of aromatic hydroxyl groups is 1. The zero-order valence-corrected chi connectivity index (χ0v) is 10.9. The third kappa shape index (κ3) is 2.37. The molecule has 0 unspecified atom stereocenters. The number of hydrogen-bond donors (Lipinski definition) is 3. The number of aromatic nitrogens is 2. The monoisotopic (exact) mass is 286 g/mol. The molecule has 1 aromatic carbocycles. The molecule has 2 aromatic rings. The fourth-order valence-electron chi connectivity index (χ4n) is 1.85. The number of nitro benzene ring substituents is 1. The molecule has 0 saturated carbocycles. The Morgan fingerprint density at radius 2 is 2.05 bits per heavy atom. The maximum absolute atomic E-state index is 10.9. The minimum atomic E-state index is -0.615. The summed E-state index contributed by atoms with van der Waals surface area (Å²) < 4.78 is 0. The number of nitro groups is 1. The second-order valence-corrected chi connectivity index (χ2v) is 4.22. The van der Waals surface area contributed by atoms with E-state index in [2.05, 4.69) is 9.97 Å². The van der Waals surface area contributed by atoms with E-state index in [9.17, 15) is 15.2 Å². The molecule has 0 spiro atoms. The van der Waals surface area contributed by atoms with Gasteiger partial charge in [0.25, 0.3) is 5.69 Å². The van der Waals surface area contributed by atoms with Crippen molar-refractivity contribution in [3.8, 4) is 23.1 Å². The number of nitriles is 1. The van der Waals surface area contributed by atoms with Crippen LogP contribution >= 0.6 is 0 Å². The van der Waals surface area contributed by atoms with Crippen molar-refractivity contribution < 1.29 is 10.0 Å². The number of rotatable bonds is 2. The van der Waals surface area contributed by atoms with Crippen molar-refractivity contribution >= 4 is 17.5 Å². The van der Waals surface area contributed by atoms with E-state index < -0.39 is 4.92 Å². The second-order valence-electron chi connectivity index (χ2n) is 4.22. The average Bonchev–Trinajstić information content (AvgIpc) is 2.40. The van der Waals surface area contributed by atoms with Gasteiger partial charge >= 0.3 is 0 Å². The van der Waals surface area contributed by atoms with Gasteiger partial charge in [-0.1, -0.05) is 0 Å². The van der Waals surface area contributed by atoms with Gasteiger partial charge in [-0.25, -0.2) is 4.98 Å². The molecule has 0 aliphatic heterocycles. The molecule has 0 fully saturated rings. The van der Waals surface area contributed by atoms with Gasteiger partial charge in [0, 0.05) is 12.1 Å². The number of benzene rings is 1. The Morgan fingerprint density at radius 3 is 2.62 bits per heavy atom. The minimum Gasteiger partial charge on any atom is -0.507 e. The van der Waals surface area contributed by atoms with E-state index in [4.69, 9.17) is 16.7 Å². The van der Waals surface area contributed by atoms with Crippen LogP contribution in [0.15, 0.2) is 12.1 Å².